The lowest BCUT2D eigenvalue weighted by atomic mass is 9.96. The van der Waals surface area contributed by atoms with E-state index in [2.05, 4.69) is 65.5 Å². The van der Waals surface area contributed by atoms with Crippen molar-refractivity contribution < 1.29 is 4.79 Å². The van der Waals surface area contributed by atoms with E-state index in [0.717, 1.165) is 54.6 Å². The number of nitrogens with zero attached hydrogens (tertiary/aromatic N) is 3. The molecule has 0 saturated carbocycles. The zero-order chi connectivity index (χ0) is 19.9. The van der Waals surface area contributed by atoms with E-state index in [1.54, 1.807) is 11.8 Å². The van der Waals surface area contributed by atoms with Crippen LogP contribution in [0.2, 0.25) is 0 Å². The van der Waals surface area contributed by atoms with Gasteiger partial charge in [0.05, 0.1) is 0 Å². The third-order valence-corrected chi connectivity index (χ3v) is 6.01. The lowest BCUT2D eigenvalue weighted by Crippen LogP contribution is -2.41. The molecule has 1 aromatic heterocycles. The molecule has 5 nitrogen and oxygen atoms in total. The first kappa shape index (κ1) is 20.6. The van der Waals surface area contributed by atoms with Gasteiger partial charge in [0.2, 0.25) is 5.91 Å². The Morgan fingerprint density at radius 3 is 2.46 bits per heavy atom. The fourth-order valence-electron chi connectivity index (χ4n) is 3.26. The molecule has 1 saturated heterocycles. The Hall–Kier alpha value is -2.08. The number of anilines is 1. The monoisotopic (exact) mass is 398 g/mol. The van der Waals surface area contributed by atoms with Crippen LogP contribution in [0.4, 0.5) is 5.82 Å². The van der Waals surface area contributed by atoms with Crippen LogP contribution >= 0.6 is 11.8 Å². The van der Waals surface area contributed by atoms with Crippen molar-refractivity contribution in [1.82, 2.24) is 15.5 Å². The number of nitrogens with one attached hydrogen (secondary N) is 1. The molecule has 0 radical (unpaired) electrons. The lowest BCUT2D eigenvalue weighted by Gasteiger charge is -2.31. The standard InChI is InChI=1S/C22H30N4OS/c1-16(2)10-13-23-22(27)18-11-14-26(15-12-18)20-8-9-21(25-24-20)28-19-6-4-17(3)5-7-19/h4-9,16,18H,10-15H2,1-3H3,(H,23,27). The van der Waals surface area contributed by atoms with Crippen molar-refractivity contribution in [2.24, 2.45) is 11.8 Å². The molecule has 1 N–H and O–H groups in total. The predicted octanol–water partition coefficient (Wildman–Crippen LogP) is 4.31. The van der Waals surface area contributed by atoms with E-state index in [4.69, 9.17) is 0 Å². The smallest absolute Gasteiger partial charge is 0.223 e. The number of piperidine rings is 1. The topological polar surface area (TPSA) is 58.1 Å². The molecule has 0 unspecified atom stereocenters. The average Bonchev–Trinajstić information content (AvgIpc) is 2.70. The molecule has 1 aliphatic heterocycles. The molecule has 1 aromatic carbocycles. The summed E-state index contributed by atoms with van der Waals surface area (Å²) in [5.41, 5.74) is 1.25. The largest absolute Gasteiger partial charge is 0.356 e. The van der Waals surface area contributed by atoms with Gasteiger partial charge < -0.3 is 10.2 Å². The van der Waals surface area contributed by atoms with Crippen LogP contribution < -0.4 is 10.2 Å². The molecule has 1 aliphatic rings. The molecular formula is C22H30N4OS. The van der Waals surface area contributed by atoms with Gasteiger partial charge in [-0.25, -0.2) is 0 Å². The van der Waals surface area contributed by atoms with E-state index in [0.29, 0.717) is 5.92 Å². The molecule has 0 aliphatic carbocycles. The molecule has 2 heterocycles. The van der Waals surface area contributed by atoms with Gasteiger partial charge in [-0.3, -0.25) is 4.79 Å². The van der Waals surface area contributed by atoms with Crippen LogP contribution in [0.5, 0.6) is 0 Å². The predicted molar refractivity (Wildman–Crippen MR) is 115 cm³/mol. The Morgan fingerprint density at radius 2 is 1.86 bits per heavy atom. The summed E-state index contributed by atoms with van der Waals surface area (Å²) in [6.07, 6.45) is 2.78. The summed E-state index contributed by atoms with van der Waals surface area (Å²) >= 11 is 1.62. The van der Waals surface area contributed by atoms with Crippen LogP contribution in [0.3, 0.4) is 0 Å². The minimum absolute atomic E-state index is 0.118. The van der Waals surface area contributed by atoms with Crippen LogP contribution in [0, 0.1) is 18.8 Å². The highest BCUT2D eigenvalue weighted by Crippen LogP contribution is 2.27. The third kappa shape index (κ3) is 5.96. The normalized spacial score (nSPS) is 15.1. The second-order valence-corrected chi connectivity index (χ2v) is 8.97. The molecule has 2 aromatic rings. The highest BCUT2D eigenvalue weighted by atomic mass is 32.2. The van der Waals surface area contributed by atoms with Gasteiger partial charge >= 0.3 is 0 Å². The van der Waals surface area contributed by atoms with Crippen molar-refractivity contribution in [2.75, 3.05) is 24.5 Å². The summed E-state index contributed by atoms with van der Waals surface area (Å²) in [6.45, 7) is 8.92. The van der Waals surface area contributed by atoms with Crippen LogP contribution in [0.15, 0.2) is 46.3 Å². The Kier molecular flexibility index (Phi) is 7.31. The van der Waals surface area contributed by atoms with Crippen molar-refractivity contribution in [3.05, 3.63) is 42.0 Å². The van der Waals surface area contributed by atoms with E-state index in [1.165, 1.54) is 5.56 Å². The van der Waals surface area contributed by atoms with E-state index < -0.39 is 0 Å². The number of amides is 1. The third-order valence-electron chi connectivity index (χ3n) is 5.08. The molecule has 0 bridgehead atoms. The highest BCUT2D eigenvalue weighted by molar-refractivity contribution is 7.99. The van der Waals surface area contributed by atoms with E-state index >= 15 is 0 Å². The summed E-state index contributed by atoms with van der Waals surface area (Å²) < 4.78 is 0. The van der Waals surface area contributed by atoms with E-state index in [1.807, 2.05) is 12.1 Å². The SMILES string of the molecule is Cc1ccc(Sc2ccc(N3CCC(C(=O)NCCC(C)C)CC3)nn2)cc1. The molecule has 28 heavy (non-hydrogen) atoms. The fourth-order valence-corrected chi connectivity index (χ4v) is 3.99. The summed E-state index contributed by atoms with van der Waals surface area (Å²) in [7, 11) is 0. The van der Waals surface area contributed by atoms with Gasteiger partial charge in [-0.1, -0.05) is 43.3 Å². The molecular weight excluding hydrogens is 368 g/mol. The second kappa shape index (κ2) is 9.92. The number of hydrogen-bond acceptors (Lipinski definition) is 5. The molecule has 150 valence electrons. The average molecular weight is 399 g/mol. The Balaban J connectivity index is 1.47. The van der Waals surface area contributed by atoms with Crippen molar-refractivity contribution in [2.45, 2.75) is 50.0 Å². The lowest BCUT2D eigenvalue weighted by molar-refractivity contribution is -0.125. The molecule has 0 spiro atoms. The number of aromatic nitrogens is 2. The van der Waals surface area contributed by atoms with Crippen LogP contribution in [-0.2, 0) is 4.79 Å². The summed E-state index contributed by atoms with van der Waals surface area (Å²) in [6, 6.07) is 12.5. The van der Waals surface area contributed by atoms with Gasteiger partial charge in [0, 0.05) is 30.4 Å². The first-order valence-corrected chi connectivity index (χ1v) is 10.9. The van der Waals surface area contributed by atoms with Gasteiger partial charge in [-0.05, 0) is 56.4 Å². The molecule has 1 amide bonds. The van der Waals surface area contributed by atoms with Crippen LogP contribution in [0.25, 0.3) is 0 Å². The van der Waals surface area contributed by atoms with Crippen molar-refractivity contribution >= 4 is 23.5 Å². The van der Waals surface area contributed by atoms with Crippen molar-refractivity contribution in [3.63, 3.8) is 0 Å². The Labute approximate surface area is 172 Å². The number of rotatable bonds is 7. The summed E-state index contributed by atoms with van der Waals surface area (Å²) in [5.74, 6) is 1.84. The van der Waals surface area contributed by atoms with E-state index in [9.17, 15) is 4.79 Å². The Bertz CT molecular complexity index is 753. The van der Waals surface area contributed by atoms with Crippen molar-refractivity contribution in [3.8, 4) is 0 Å². The minimum Gasteiger partial charge on any atom is -0.356 e. The van der Waals surface area contributed by atoms with Crippen LogP contribution in [0.1, 0.15) is 38.7 Å². The maximum absolute atomic E-state index is 12.3. The number of hydrogen-bond donors (Lipinski definition) is 1. The zero-order valence-corrected chi connectivity index (χ0v) is 17.8. The maximum atomic E-state index is 12.3. The molecule has 1 fully saturated rings. The second-order valence-electron chi connectivity index (χ2n) is 7.88. The van der Waals surface area contributed by atoms with Gasteiger partial charge in [-0.15, -0.1) is 10.2 Å². The highest BCUT2D eigenvalue weighted by Gasteiger charge is 2.25. The minimum atomic E-state index is 0.118. The first-order valence-electron chi connectivity index (χ1n) is 10.1. The van der Waals surface area contributed by atoms with Crippen molar-refractivity contribution in [1.29, 1.82) is 0 Å². The van der Waals surface area contributed by atoms with Crippen LogP contribution in [-0.4, -0.2) is 35.7 Å². The first-order chi connectivity index (χ1) is 13.5. The zero-order valence-electron chi connectivity index (χ0n) is 17.0. The number of carbonyl (C=O) groups is 1. The molecule has 3 rings (SSSR count). The molecule has 6 heteroatoms. The molecule has 0 atom stereocenters. The van der Waals surface area contributed by atoms with Gasteiger partial charge in [0.1, 0.15) is 5.03 Å². The number of benzene rings is 1. The Morgan fingerprint density at radius 1 is 1.14 bits per heavy atom. The number of aryl methyl sites for hydroxylation is 1. The summed E-state index contributed by atoms with van der Waals surface area (Å²) in [4.78, 5) is 15.7. The summed E-state index contributed by atoms with van der Waals surface area (Å²) in [5, 5.41) is 12.8. The van der Waals surface area contributed by atoms with Gasteiger partial charge in [-0.2, -0.15) is 0 Å². The van der Waals surface area contributed by atoms with Gasteiger partial charge in [0.25, 0.3) is 0 Å². The van der Waals surface area contributed by atoms with E-state index in [-0.39, 0.29) is 11.8 Å². The fraction of sp³-hybridized carbons (Fsp3) is 0.500. The number of carbonyl (C=O) groups excluding carboxylic acids is 1. The quantitative estimate of drug-likeness (QED) is 0.753. The van der Waals surface area contributed by atoms with Gasteiger partial charge in [0.15, 0.2) is 5.82 Å². The maximum Gasteiger partial charge on any atom is 0.223 e.